The average Bonchev–Trinajstić information content (AvgIpc) is 2.83. The molecule has 0 bridgehead atoms. The Labute approximate surface area is 195 Å². The van der Waals surface area contributed by atoms with Gasteiger partial charge in [0.15, 0.2) is 17.3 Å². The minimum atomic E-state index is -1.61. The van der Waals surface area contributed by atoms with Gasteiger partial charge in [0, 0.05) is 11.6 Å². The van der Waals surface area contributed by atoms with Crippen LogP contribution < -0.4 is 9.47 Å². The summed E-state index contributed by atoms with van der Waals surface area (Å²) in [5.41, 5.74) is 1.04. The molecule has 4 N–H and O–H groups in total. The molecule has 0 aliphatic carbocycles. The van der Waals surface area contributed by atoms with E-state index < -0.39 is 43.3 Å². The second-order valence-electron chi connectivity index (χ2n) is 7.61. The van der Waals surface area contributed by atoms with Gasteiger partial charge in [0.2, 0.25) is 6.29 Å². The lowest BCUT2D eigenvalue weighted by Gasteiger charge is -2.39. The largest absolute Gasteiger partial charge is 0.504 e. The number of hydrogen-bond acceptors (Lipinski definition) is 10. The molecule has 2 aromatic carbocycles. The molecule has 1 saturated heterocycles. The van der Waals surface area contributed by atoms with Gasteiger partial charge in [0.05, 0.1) is 7.11 Å². The van der Waals surface area contributed by atoms with Gasteiger partial charge in [-0.1, -0.05) is 6.07 Å². The van der Waals surface area contributed by atoms with Crippen LogP contribution in [0.2, 0.25) is 0 Å². The van der Waals surface area contributed by atoms with Crippen molar-refractivity contribution in [1.82, 2.24) is 0 Å². The van der Waals surface area contributed by atoms with Gasteiger partial charge in [-0.2, -0.15) is 0 Å². The van der Waals surface area contributed by atoms with Crippen molar-refractivity contribution in [3.63, 3.8) is 0 Å². The molecule has 0 spiro atoms. The van der Waals surface area contributed by atoms with E-state index in [1.807, 2.05) is 0 Å². The maximum atomic E-state index is 12.1. The van der Waals surface area contributed by atoms with Crippen molar-refractivity contribution in [2.24, 2.45) is 0 Å². The summed E-state index contributed by atoms with van der Waals surface area (Å²) in [6.45, 7) is 1.00. The molecular formula is C24H26O10. The molecule has 34 heavy (non-hydrogen) atoms. The third kappa shape index (κ3) is 6.12. The number of esters is 1. The smallest absolute Gasteiger partial charge is 0.330 e. The highest BCUT2D eigenvalue weighted by atomic mass is 16.7. The number of rotatable bonds is 8. The van der Waals surface area contributed by atoms with Crippen LogP contribution in [0.1, 0.15) is 22.8 Å². The van der Waals surface area contributed by atoms with E-state index in [9.17, 15) is 30.0 Å². The first-order chi connectivity index (χ1) is 16.2. The van der Waals surface area contributed by atoms with Crippen molar-refractivity contribution in [3.8, 4) is 17.2 Å². The van der Waals surface area contributed by atoms with Gasteiger partial charge in [-0.3, -0.25) is 4.79 Å². The fourth-order valence-electron chi connectivity index (χ4n) is 3.23. The fraction of sp³-hybridized carbons (Fsp3) is 0.333. The van der Waals surface area contributed by atoms with Gasteiger partial charge in [0.25, 0.3) is 0 Å². The molecule has 10 heteroatoms. The molecule has 0 unspecified atom stereocenters. The quantitative estimate of drug-likeness (QED) is 0.248. The monoisotopic (exact) mass is 474 g/mol. The summed E-state index contributed by atoms with van der Waals surface area (Å²) < 4.78 is 21.2. The van der Waals surface area contributed by atoms with E-state index in [1.54, 1.807) is 6.07 Å². The zero-order chi connectivity index (χ0) is 24.8. The number of aliphatic hydroxyl groups excluding tert-OH is 3. The van der Waals surface area contributed by atoms with Crippen molar-refractivity contribution < 1.29 is 49.0 Å². The van der Waals surface area contributed by atoms with Crippen LogP contribution >= 0.6 is 0 Å². The number of aromatic hydroxyl groups is 1. The van der Waals surface area contributed by atoms with Crippen molar-refractivity contribution in [2.45, 2.75) is 37.6 Å². The van der Waals surface area contributed by atoms with Crippen LogP contribution in [0.4, 0.5) is 0 Å². The van der Waals surface area contributed by atoms with E-state index in [0.717, 1.165) is 6.08 Å². The first-order valence-corrected chi connectivity index (χ1v) is 10.4. The molecule has 5 atom stereocenters. The first-order valence-electron chi connectivity index (χ1n) is 10.4. The van der Waals surface area contributed by atoms with E-state index in [-0.39, 0.29) is 23.0 Å². The lowest BCUT2D eigenvalue weighted by Crippen LogP contribution is -2.60. The lowest BCUT2D eigenvalue weighted by atomic mass is 9.99. The van der Waals surface area contributed by atoms with Gasteiger partial charge in [-0.05, 0) is 55.0 Å². The molecule has 182 valence electrons. The second kappa shape index (κ2) is 11.1. The summed E-state index contributed by atoms with van der Waals surface area (Å²) in [6, 6.07) is 10.6. The van der Waals surface area contributed by atoms with E-state index in [2.05, 4.69) is 0 Å². The number of phenols is 1. The summed E-state index contributed by atoms with van der Waals surface area (Å²) in [5, 5.41) is 40.2. The van der Waals surface area contributed by atoms with E-state index >= 15 is 0 Å². The number of ketones is 1. The third-order valence-corrected chi connectivity index (χ3v) is 5.19. The summed E-state index contributed by atoms with van der Waals surface area (Å²) in [6.07, 6.45) is -4.67. The third-order valence-electron chi connectivity index (χ3n) is 5.19. The van der Waals surface area contributed by atoms with Gasteiger partial charge < -0.3 is 39.4 Å². The molecular weight excluding hydrogens is 448 g/mol. The molecule has 1 heterocycles. The Balaban J connectivity index is 1.59. The Bertz CT molecular complexity index is 1030. The van der Waals surface area contributed by atoms with Crippen molar-refractivity contribution in [1.29, 1.82) is 0 Å². The number of carbonyl (C=O) groups excluding carboxylic acids is 2. The summed E-state index contributed by atoms with van der Waals surface area (Å²) in [7, 11) is 1.40. The van der Waals surface area contributed by atoms with Crippen LogP contribution in [0.5, 0.6) is 17.2 Å². The van der Waals surface area contributed by atoms with E-state index in [0.29, 0.717) is 11.1 Å². The Morgan fingerprint density at radius 1 is 1.03 bits per heavy atom. The van der Waals surface area contributed by atoms with Crippen LogP contribution in [0.25, 0.3) is 6.08 Å². The Hall–Kier alpha value is -3.44. The maximum absolute atomic E-state index is 12.1. The fourth-order valence-corrected chi connectivity index (χ4v) is 3.23. The Morgan fingerprint density at radius 3 is 2.38 bits per heavy atom. The highest BCUT2D eigenvalue weighted by Crippen LogP contribution is 2.27. The highest BCUT2D eigenvalue weighted by molar-refractivity contribution is 5.94. The summed E-state index contributed by atoms with van der Waals surface area (Å²) >= 11 is 0. The molecule has 0 radical (unpaired) electrons. The predicted octanol–water partition coefficient (Wildman–Crippen LogP) is 1.05. The second-order valence-corrected chi connectivity index (χ2v) is 7.61. The van der Waals surface area contributed by atoms with Crippen LogP contribution in [0.3, 0.4) is 0 Å². The topological polar surface area (TPSA) is 152 Å². The number of benzene rings is 2. The average molecular weight is 474 g/mol. The van der Waals surface area contributed by atoms with E-state index in [4.69, 9.17) is 18.9 Å². The van der Waals surface area contributed by atoms with Gasteiger partial charge in [0.1, 0.15) is 36.8 Å². The molecule has 1 aliphatic rings. The zero-order valence-electron chi connectivity index (χ0n) is 18.5. The van der Waals surface area contributed by atoms with Crippen molar-refractivity contribution in [3.05, 3.63) is 59.7 Å². The standard InChI is InChI=1S/C24H26O10/c1-13(25)15-5-7-16(8-6-15)33-24-23(30)22(29)21(28)19(34-24)12-32-20(27)10-4-14-3-9-17(26)18(11-14)31-2/h3-11,19,21-24,26,28-30H,12H2,1-2H3/t19-,21-,22+,23-,24-/m1/s1. The molecule has 10 nitrogen and oxygen atoms in total. The van der Waals surface area contributed by atoms with Gasteiger partial charge in [-0.15, -0.1) is 0 Å². The number of ether oxygens (including phenoxy) is 4. The zero-order valence-corrected chi connectivity index (χ0v) is 18.5. The maximum Gasteiger partial charge on any atom is 0.330 e. The SMILES string of the molecule is COc1cc(C=CC(=O)OC[C@H]2O[C@@H](Oc3ccc(C(C)=O)cc3)[C@H](O)[C@@H](O)[C@@H]2O)ccc1O. The number of hydrogen-bond donors (Lipinski definition) is 4. The summed E-state index contributed by atoms with van der Waals surface area (Å²) in [4.78, 5) is 23.5. The van der Waals surface area contributed by atoms with Crippen LogP contribution in [0, 0.1) is 0 Å². The van der Waals surface area contributed by atoms with Gasteiger partial charge in [-0.25, -0.2) is 4.79 Å². The van der Waals surface area contributed by atoms with Crippen LogP contribution in [-0.2, 0) is 14.3 Å². The Kier molecular flexibility index (Phi) is 8.24. The number of aliphatic hydroxyl groups is 3. The normalized spacial score (nSPS) is 24.6. The van der Waals surface area contributed by atoms with Crippen LogP contribution in [0.15, 0.2) is 48.5 Å². The Morgan fingerprint density at radius 2 is 1.74 bits per heavy atom. The number of carbonyl (C=O) groups is 2. The van der Waals surface area contributed by atoms with Crippen molar-refractivity contribution in [2.75, 3.05) is 13.7 Å². The molecule has 0 amide bonds. The predicted molar refractivity (Wildman–Crippen MR) is 118 cm³/mol. The molecule has 1 aliphatic heterocycles. The molecule has 0 saturated carbocycles. The number of Topliss-reactive ketones (excluding diaryl/α,β-unsaturated/α-hetero) is 1. The summed E-state index contributed by atoms with van der Waals surface area (Å²) in [5.74, 6) is -0.414. The highest BCUT2D eigenvalue weighted by Gasteiger charge is 2.45. The minimum absolute atomic E-state index is 0.0435. The van der Waals surface area contributed by atoms with E-state index in [1.165, 1.54) is 56.5 Å². The molecule has 0 aromatic heterocycles. The molecule has 2 aromatic rings. The number of phenolic OH excluding ortho intramolecular Hbond substituents is 1. The first kappa shape index (κ1) is 25.2. The molecule has 3 rings (SSSR count). The van der Waals surface area contributed by atoms with Crippen LogP contribution in [-0.4, -0.2) is 76.6 Å². The number of methoxy groups -OCH3 is 1. The minimum Gasteiger partial charge on any atom is -0.504 e. The van der Waals surface area contributed by atoms with Gasteiger partial charge >= 0.3 is 5.97 Å². The van der Waals surface area contributed by atoms with Crippen molar-refractivity contribution >= 4 is 17.8 Å². The molecule has 1 fully saturated rings. The lowest BCUT2D eigenvalue weighted by molar-refractivity contribution is -0.278.